The van der Waals surface area contributed by atoms with Crippen molar-refractivity contribution in [3.63, 3.8) is 0 Å². The second-order valence-electron chi connectivity index (χ2n) is 3.51. The SMILES string of the molecule is NCc1ccc2ccn(CC(N)=O)c2c1. The fraction of sp³-hybridized carbons (Fsp3) is 0.182. The highest BCUT2D eigenvalue weighted by Gasteiger charge is 2.03. The van der Waals surface area contributed by atoms with E-state index >= 15 is 0 Å². The number of rotatable bonds is 3. The fourth-order valence-electron chi connectivity index (χ4n) is 1.66. The van der Waals surface area contributed by atoms with E-state index in [1.165, 1.54) is 0 Å². The fourth-order valence-corrected chi connectivity index (χ4v) is 1.66. The van der Waals surface area contributed by atoms with Gasteiger partial charge in [0.15, 0.2) is 0 Å². The normalized spacial score (nSPS) is 10.7. The number of amides is 1. The molecule has 4 nitrogen and oxygen atoms in total. The van der Waals surface area contributed by atoms with Crippen LogP contribution in [0.1, 0.15) is 5.56 Å². The molecule has 1 heterocycles. The zero-order chi connectivity index (χ0) is 10.8. The molecule has 0 bridgehead atoms. The molecule has 4 N–H and O–H groups in total. The van der Waals surface area contributed by atoms with Crippen molar-refractivity contribution in [2.24, 2.45) is 11.5 Å². The molecule has 1 aromatic heterocycles. The lowest BCUT2D eigenvalue weighted by Gasteiger charge is -2.03. The summed E-state index contributed by atoms with van der Waals surface area (Å²) in [5, 5.41) is 1.09. The monoisotopic (exact) mass is 203 g/mol. The van der Waals surface area contributed by atoms with Crippen molar-refractivity contribution in [1.29, 1.82) is 0 Å². The number of carbonyl (C=O) groups is 1. The lowest BCUT2D eigenvalue weighted by atomic mass is 10.1. The standard InChI is InChI=1S/C11H13N3O/c12-6-8-1-2-9-3-4-14(7-11(13)15)10(9)5-8/h1-5H,6-7,12H2,(H2,13,15). The molecule has 2 rings (SSSR count). The minimum absolute atomic E-state index is 0.206. The maximum absolute atomic E-state index is 10.8. The summed E-state index contributed by atoms with van der Waals surface area (Å²) >= 11 is 0. The minimum atomic E-state index is -0.342. The maximum Gasteiger partial charge on any atom is 0.237 e. The van der Waals surface area contributed by atoms with Crippen molar-refractivity contribution in [3.8, 4) is 0 Å². The number of fused-ring (bicyclic) bond motifs is 1. The van der Waals surface area contributed by atoms with Gasteiger partial charge in [-0.15, -0.1) is 0 Å². The van der Waals surface area contributed by atoms with Gasteiger partial charge in [0.2, 0.25) is 5.91 Å². The number of aromatic nitrogens is 1. The molecule has 4 heteroatoms. The van der Waals surface area contributed by atoms with Gasteiger partial charge in [0.05, 0.1) is 0 Å². The highest BCUT2D eigenvalue weighted by Crippen LogP contribution is 2.17. The number of benzene rings is 1. The number of primary amides is 1. The van der Waals surface area contributed by atoms with Crippen LogP contribution >= 0.6 is 0 Å². The van der Waals surface area contributed by atoms with E-state index in [9.17, 15) is 4.79 Å². The van der Waals surface area contributed by atoms with Crippen LogP contribution in [0, 0.1) is 0 Å². The first-order valence-corrected chi connectivity index (χ1v) is 4.77. The van der Waals surface area contributed by atoms with E-state index in [0.29, 0.717) is 6.54 Å². The third-order valence-electron chi connectivity index (χ3n) is 2.40. The quantitative estimate of drug-likeness (QED) is 0.766. The summed E-state index contributed by atoms with van der Waals surface area (Å²) in [5.74, 6) is -0.342. The summed E-state index contributed by atoms with van der Waals surface area (Å²) < 4.78 is 1.83. The Kier molecular flexibility index (Phi) is 2.43. The molecule has 0 saturated carbocycles. The second kappa shape index (κ2) is 3.74. The van der Waals surface area contributed by atoms with Crippen molar-refractivity contribution in [3.05, 3.63) is 36.0 Å². The molecule has 15 heavy (non-hydrogen) atoms. The van der Waals surface area contributed by atoms with Gasteiger partial charge in [0, 0.05) is 18.3 Å². The highest BCUT2D eigenvalue weighted by molar-refractivity contribution is 5.83. The Morgan fingerprint density at radius 2 is 2.13 bits per heavy atom. The van der Waals surface area contributed by atoms with Gasteiger partial charge >= 0.3 is 0 Å². The van der Waals surface area contributed by atoms with Crippen molar-refractivity contribution >= 4 is 16.8 Å². The Morgan fingerprint density at radius 1 is 1.33 bits per heavy atom. The van der Waals surface area contributed by atoms with Crippen molar-refractivity contribution in [2.45, 2.75) is 13.1 Å². The minimum Gasteiger partial charge on any atom is -0.368 e. The topological polar surface area (TPSA) is 74.0 Å². The molecule has 0 atom stereocenters. The van der Waals surface area contributed by atoms with E-state index < -0.39 is 0 Å². The van der Waals surface area contributed by atoms with Crippen LogP contribution in [-0.2, 0) is 17.9 Å². The Labute approximate surface area is 87.5 Å². The predicted octanol–water partition coefficient (Wildman–Crippen LogP) is 0.585. The first-order valence-electron chi connectivity index (χ1n) is 4.77. The van der Waals surface area contributed by atoms with Gasteiger partial charge in [0.1, 0.15) is 6.54 Å². The van der Waals surface area contributed by atoms with Gasteiger partial charge in [0.25, 0.3) is 0 Å². The van der Waals surface area contributed by atoms with Crippen LogP contribution < -0.4 is 11.5 Å². The van der Waals surface area contributed by atoms with E-state index in [2.05, 4.69) is 0 Å². The van der Waals surface area contributed by atoms with E-state index in [-0.39, 0.29) is 12.5 Å². The molecular weight excluding hydrogens is 190 g/mol. The van der Waals surface area contributed by atoms with E-state index in [4.69, 9.17) is 11.5 Å². The van der Waals surface area contributed by atoms with Crippen LogP contribution in [0.15, 0.2) is 30.5 Å². The molecule has 2 aromatic rings. The van der Waals surface area contributed by atoms with Gasteiger partial charge in [-0.3, -0.25) is 4.79 Å². The molecule has 0 saturated heterocycles. The summed E-state index contributed by atoms with van der Waals surface area (Å²) in [6.45, 7) is 0.704. The molecule has 0 fully saturated rings. The molecule has 0 aliphatic rings. The van der Waals surface area contributed by atoms with Crippen LogP contribution in [0.5, 0.6) is 0 Å². The summed E-state index contributed by atoms with van der Waals surface area (Å²) in [4.78, 5) is 10.8. The van der Waals surface area contributed by atoms with Crippen molar-refractivity contribution < 1.29 is 4.79 Å². The molecular formula is C11H13N3O. The molecule has 0 aliphatic carbocycles. The molecule has 0 aliphatic heterocycles. The van der Waals surface area contributed by atoms with Crippen LogP contribution in [0.2, 0.25) is 0 Å². The number of nitrogens with zero attached hydrogens (tertiary/aromatic N) is 1. The third-order valence-corrected chi connectivity index (χ3v) is 2.40. The molecule has 0 spiro atoms. The smallest absolute Gasteiger partial charge is 0.237 e. The predicted molar refractivity (Wildman–Crippen MR) is 59.0 cm³/mol. The summed E-state index contributed by atoms with van der Waals surface area (Å²) in [6, 6.07) is 7.92. The number of carbonyl (C=O) groups excluding carboxylic acids is 1. The van der Waals surface area contributed by atoms with Gasteiger partial charge in [-0.1, -0.05) is 12.1 Å². The van der Waals surface area contributed by atoms with Crippen LogP contribution in [-0.4, -0.2) is 10.5 Å². The number of nitrogens with two attached hydrogens (primary N) is 2. The number of hydrogen-bond acceptors (Lipinski definition) is 2. The lowest BCUT2D eigenvalue weighted by molar-refractivity contribution is -0.118. The van der Waals surface area contributed by atoms with Gasteiger partial charge in [-0.25, -0.2) is 0 Å². The Bertz CT molecular complexity index is 502. The first kappa shape index (κ1) is 9.73. The first-order chi connectivity index (χ1) is 7.20. The Balaban J connectivity index is 2.51. The summed E-state index contributed by atoms with van der Waals surface area (Å²) in [7, 11) is 0. The Morgan fingerprint density at radius 3 is 2.80 bits per heavy atom. The van der Waals surface area contributed by atoms with Crippen LogP contribution in [0.3, 0.4) is 0 Å². The summed E-state index contributed by atoms with van der Waals surface area (Å²) in [5.41, 5.74) is 12.8. The number of hydrogen-bond donors (Lipinski definition) is 2. The molecule has 1 amide bonds. The van der Waals surface area contributed by atoms with Crippen LogP contribution in [0.25, 0.3) is 10.9 Å². The molecule has 1 aromatic carbocycles. The highest BCUT2D eigenvalue weighted by atomic mass is 16.1. The molecule has 0 radical (unpaired) electrons. The second-order valence-corrected chi connectivity index (χ2v) is 3.51. The van der Waals surface area contributed by atoms with Crippen LogP contribution in [0.4, 0.5) is 0 Å². The van der Waals surface area contributed by atoms with E-state index in [1.54, 1.807) is 0 Å². The van der Waals surface area contributed by atoms with Gasteiger partial charge in [-0.05, 0) is 23.1 Å². The third kappa shape index (κ3) is 1.85. The summed E-state index contributed by atoms with van der Waals surface area (Å²) in [6.07, 6.45) is 1.86. The lowest BCUT2D eigenvalue weighted by Crippen LogP contribution is -2.17. The zero-order valence-corrected chi connectivity index (χ0v) is 8.31. The molecule has 78 valence electrons. The largest absolute Gasteiger partial charge is 0.368 e. The average Bonchev–Trinajstić information content (AvgIpc) is 2.60. The van der Waals surface area contributed by atoms with Gasteiger partial charge in [-0.2, -0.15) is 0 Å². The maximum atomic E-state index is 10.8. The Hall–Kier alpha value is -1.81. The van der Waals surface area contributed by atoms with Crippen molar-refractivity contribution in [2.75, 3.05) is 0 Å². The zero-order valence-electron chi connectivity index (χ0n) is 8.31. The molecule has 0 unspecified atom stereocenters. The van der Waals surface area contributed by atoms with E-state index in [1.807, 2.05) is 35.0 Å². The average molecular weight is 203 g/mol. The van der Waals surface area contributed by atoms with Gasteiger partial charge < -0.3 is 16.0 Å². The van der Waals surface area contributed by atoms with E-state index in [0.717, 1.165) is 16.5 Å². The van der Waals surface area contributed by atoms with Crippen molar-refractivity contribution in [1.82, 2.24) is 4.57 Å².